The van der Waals surface area contributed by atoms with Crippen LogP contribution in [0.3, 0.4) is 0 Å². The van der Waals surface area contributed by atoms with E-state index >= 15 is 0 Å². The molecule has 1 aromatic carbocycles. The molecule has 116 valence electrons. The number of methoxy groups -OCH3 is 1. The Labute approximate surface area is 130 Å². The second-order valence-corrected chi connectivity index (χ2v) is 5.39. The Balaban J connectivity index is 1.73. The molecule has 0 saturated carbocycles. The van der Waals surface area contributed by atoms with Gasteiger partial charge >= 0.3 is 0 Å². The van der Waals surface area contributed by atoms with Crippen molar-refractivity contribution in [3.63, 3.8) is 0 Å². The van der Waals surface area contributed by atoms with Crippen LogP contribution in [0.5, 0.6) is 5.75 Å². The summed E-state index contributed by atoms with van der Waals surface area (Å²) in [6, 6.07) is 9.69. The van der Waals surface area contributed by atoms with Crippen molar-refractivity contribution in [2.45, 2.75) is 0 Å². The summed E-state index contributed by atoms with van der Waals surface area (Å²) in [5.41, 5.74) is 0.912. The maximum Gasteiger partial charge on any atom is 0.229 e. The van der Waals surface area contributed by atoms with E-state index in [9.17, 15) is 0 Å². The number of ether oxygens (including phenoxy) is 1. The molecule has 6 nitrogen and oxygen atoms in total. The second kappa shape index (κ2) is 6.62. The minimum atomic E-state index is 0.602. The fourth-order valence-electron chi connectivity index (χ4n) is 2.45. The molecule has 22 heavy (non-hydrogen) atoms. The minimum absolute atomic E-state index is 0.602. The van der Waals surface area contributed by atoms with Crippen LogP contribution in [0.25, 0.3) is 0 Å². The first-order valence-corrected chi connectivity index (χ1v) is 7.42. The van der Waals surface area contributed by atoms with Crippen LogP contribution in [0.15, 0.2) is 36.5 Å². The van der Waals surface area contributed by atoms with E-state index in [1.165, 1.54) is 0 Å². The molecule has 0 amide bonds. The molecule has 3 rings (SSSR count). The van der Waals surface area contributed by atoms with E-state index in [1.54, 1.807) is 13.3 Å². The van der Waals surface area contributed by atoms with Gasteiger partial charge in [-0.25, -0.2) is 4.98 Å². The Morgan fingerprint density at radius 3 is 2.73 bits per heavy atom. The molecular formula is C16H21N5O. The van der Waals surface area contributed by atoms with Gasteiger partial charge < -0.3 is 19.9 Å². The van der Waals surface area contributed by atoms with Gasteiger partial charge in [-0.15, -0.1) is 0 Å². The van der Waals surface area contributed by atoms with Crippen LogP contribution in [0, 0.1) is 0 Å². The summed E-state index contributed by atoms with van der Waals surface area (Å²) in [6.45, 7) is 4.10. The van der Waals surface area contributed by atoms with E-state index in [0.29, 0.717) is 5.95 Å². The summed E-state index contributed by atoms with van der Waals surface area (Å²) in [7, 11) is 3.80. The zero-order valence-corrected chi connectivity index (χ0v) is 13.0. The molecular weight excluding hydrogens is 278 g/mol. The lowest BCUT2D eigenvalue weighted by molar-refractivity contribution is 0.312. The fraction of sp³-hybridized carbons (Fsp3) is 0.375. The molecule has 1 N–H and O–H groups in total. The first-order valence-electron chi connectivity index (χ1n) is 7.42. The predicted molar refractivity (Wildman–Crippen MR) is 88.0 cm³/mol. The maximum absolute atomic E-state index is 5.23. The summed E-state index contributed by atoms with van der Waals surface area (Å²) in [4.78, 5) is 13.5. The number of likely N-dealkylation sites (N-methyl/N-ethyl adjacent to an activating group) is 1. The van der Waals surface area contributed by atoms with Crippen LogP contribution in [0.1, 0.15) is 0 Å². The van der Waals surface area contributed by atoms with E-state index in [2.05, 4.69) is 32.1 Å². The highest BCUT2D eigenvalue weighted by atomic mass is 16.5. The van der Waals surface area contributed by atoms with Crippen LogP contribution in [0.4, 0.5) is 17.5 Å². The molecule has 2 aromatic rings. The molecule has 0 radical (unpaired) electrons. The van der Waals surface area contributed by atoms with Crippen molar-refractivity contribution in [2.24, 2.45) is 0 Å². The van der Waals surface area contributed by atoms with Gasteiger partial charge in [0.1, 0.15) is 11.6 Å². The fourth-order valence-corrected chi connectivity index (χ4v) is 2.45. The van der Waals surface area contributed by atoms with Crippen LogP contribution in [-0.4, -0.2) is 55.2 Å². The Morgan fingerprint density at radius 2 is 1.95 bits per heavy atom. The largest absolute Gasteiger partial charge is 0.497 e. The Bertz CT molecular complexity index is 625. The van der Waals surface area contributed by atoms with Crippen molar-refractivity contribution in [1.29, 1.82) is 0 Å². The van der Waals surface area contributed by atoms with Gasteiger partial charge in [0.15, 0.2) is 0 Å². The number of benzene rings is 1. The minimum Gasteiger partial charge on any atom is -0.497 e. The van der Waals surface area contributed by atoms with E-state index < -0.39 is 0 Å². The number of hydrogen-bond donors (Lipinski definition) is 1. The summed E-state index contributed by atoms with van der Waals surface area (Å²) in [5, 5.41) is 3.23. The van der Waals surface area contributed by atoms with Crippen LogP contribution in [0.2, 0.25) is 0 Å². The maximum atomic E-state index is 5.23. The summed E-state index contributed by atoms with van der Waals surface area (Å²) in [6.07, 6.45) is 1.79. The summed E-state index contributed by atoms with van der Waals surface area (Å²) < 4.78 is 5.23. The van der Waals surface area contributed by atoms with Crippen molar-refractivity contribution >= 4 is 17.5 Å². The highest BCUT2D eigenvalue weighted by Gasteiger charge is 2.15. The van der Waals surface area contributed by atoms with Crippen molar-refractivity contribution < 1.29 is 4.74 Å². The van der Waals surface area contributed by atoms with E-state index in [0.717, 1.165) is 43.4 Å². The topological polar surface area (TPSA) is 53.5 Å². The third-order valence-electron chi connectivity index (χ3n) is 3.79. The lowest BCUT2D eigenvalue weighted by atomic mass is 10.3. The van der Waals surface area contributed by atoms with Gasteiger partial charge in [0, 0.05) is 44.1 Å². The van der Waals surface area contributed by atoms with Gasteiger partial charge in [-0.3, -0.25) is 0 Å². The van der Waals surface area contributed by atoms with E-state index in [4.69, 9.17) is 4.74 Å². The third kappa shape index (κ3) is 3.46. The van der Waals surface area contributed by atoms with Gasteiger partial charge in [0.25, 0.3) is 0 Å². The highest BCUT2D eigenvalue weighted by Crippen LogP contribution is 2.21. The normalized spacial score (nSPS) is 15.6. The van der Waals surface area contributed by atoms with Crippen molar-refractivity contribution in [3.8, 4) is 5.75 Å². The van der Waals surface area contributed by atoms with Gasteiger partial charge in [-0.05, 0) is 25.2 Å². The number of piperazine rings is 1. The molecule has 6 heteroatoms. The van der Waals surface area contributed by atoms with Crippen molar-refractivity contribution in [2.75, 3.05) is 50.6 Å². The first kappa shape index (κ1) is 14.6. The number of anilines is 3. The monoisotopic (exact) mass is 299 g/mol. The van der Waals surface area contributed by atoms with Crippen molar-refractivity contribution in [3.05, 3.63) is 36.5 Å². The van der Waals surface area contributed by atoms with E-state index in [-0.39, 0.29) is 0 Å². The van der Waals surface area contributed by atoms with Gasteiger partial charge in [0.2, 0.25) is 5.95 Å². The number of nitrogens with zero attached hydrogens (tertiary/aromatic N) is 4. The number of rotatable bonds is 4. The standard InChI is InChI=1S/C16H21N5O/c1-20-8-10-21(11-9-20)15-6-7-17-16(19-15)18-13-4-3-5-14(12-13)22-2/h3-7,12H,8-11H2,1-2H3,(H,17,18,19). The van der Waals surface area contributed by atoms with Gasteiger partial charge in [0.05, 0.1) is 7.11 Å². The van der Waals surface area contributed by atoms with Gasteiger partial charge in [-0.2, -0.15) is 4.98 Å². The zero-order chi connectivity index (χ0) is 15.4. The molecule has 0 aliphatic carbocycles. The Kier molecular flexibility index (Phi) is 4.39. The Morgan fingerprint density at radius 1 is 1.14 bits per heavy atom. The van der Waals surface area contributed by atoms with Crippen LogP contribution >= 0.6 is 0 Å². The molecule has 1 fully saturated rings. The first-order chi connectivity index (χ1) is 10.7. The highest BCUT2D eigenvalue weighted by molar-refractivity contribution is 5.57. The lowest BCUT2D eigenvalue weighted by Gasteiger charge is -2.33. The predicted octanol–water partition coefficient (Wildman–Crippen LogP) is 1.98. The quantitative estimate of drug-likeness (QED) is 0.931. The number of nitrogens with one attached hydrogen (secondary N) is 1. The van der Waals surface area contributed by atoms with Crippen LogP contribution in [-0.2, 0) is 0 Å². The Hall–Kier alpha value is -2.34. The number of aromatic nitrogens is 2. The van der Waals surface area contributed by atoms with Crippen molar-refractivity contribution in [1.82, 2.24) is 14.9 Å². The lowest BCUT2D eigenvalue weighted by Crippen LogP contribution is -2.44. The smallest absolute Gasteiger partial charge is 0.229 e. The van der Waals surface area contributed by atoms with Gasteiger partial charge in [-0.1, -0.05) is 6.07 Å². The summed E-state index contributed by atoms with van der Waals surface area (Å²) >= 11 is 0. The molecule has 0 atom stereocenters. The third-order valence-corrected chi connectivity index (χ3v) is 3.79. The molecule has 1 aliphatic heterocycles. The number of hydrogen-bond acceptors (Lipinski definition) is 6. The average Bonchev–Trinajstić information content (AvgIpc) is 2.56. The molecule has 0 spiro atoms. The SMILES string of the molecule is COc1cccc(Nc2nccc(N3CCN(C)CC3)n2)c1. The molecule has 1 aromatic heterocycles. The van der Waals surface area contributed by atoms with E-state index in [1.807, 2.05) is 30.3 Å². The average molecular weight is 299 g/mol. The molecule has 2 heterocycles. The van der Waals surface area contributed by atoms with Crippen LogP contribution < -0.4 is 15.0 Å². The molecule has 1 aliphatic rings. The zero-order valence-electron chi connectivity index (χ0n) is 13.0. The molecule has 0 bridgehead atoms. The summed E-state index contributed by atoms with van der Waals surface area (Å²) in [5.74, 6) is 2.37. The molecule has 1 saturated heterocycles. The molecule has 0 unspecified atom stereocenters. The second-order valence-electron chi connectivity index (χ2n) is 5.39.